The quantitative estimate of drug-likeness (QED) is 0.645. The summed E-state index contributed by atoms with van der Waals surface area (Å²) < 4.78 is 6.65. The summed E-state index contributed by atoms with van der Waals surface area (Å²) >= 11 is 0. The average molecular weight is 375 g/mol. The van der Waals surface area contributed by atoms with E-state index in [0.717, 1.165) is 38.5 Å². The van der Waals surface area contributed by atoms with Crippen LogP contribution in [0.1, 0.15) is 58.8 Å². The Morgan fingerprint density at radius 3 is 2.38 bits per heavy atom. The summed E-state index contributed by atoms with van der Waals surface area (Å²) in [5.41, 5.74) is 1.26. The molecule has 3 nitrogen and oxygen atoms in total. The normalized spacial score (nSPS) is 45.7. The Bertz CT molecular complexity index is 675. The van der Waals surface area contributed by atoms with Crippen LogP contribution in [-0.2, 0) is 14.0 Å². The average Bonchev–Trinajstić information content (AvgIpc) is 2.83. The number of Topliss-reactive ketones (excluding diaryl/α,β-unsaturated/α-hetero) is 1. The standard InChI is InChI=1S/C22H34O3Si/c1-21-10-8-14(23)12-18(21)19(25-26(3,4)5)13-15-16-6-7-20(24)22(16,2)11-9-17(15)21/h12,15-17,19H,6-11,13H2,1-5H3/t15-,16-,17-,19+,21+,22-/m0/s1. The van der Waals surface area contributed by atoms with E-state index in [-0.39, 0.29) is 22.7 Å². The van der Waals surface area contributed by atoms with Gasteiger partial charge in [-0.2, -0.15) is 0 Å². The highest BCUT2D eigenvalue weighted by atomic mass is 28.4. The largest absolute Gasteiger partial charge is 0.411 e. The maximum absolute atomic E-state index is 12.6. The van der Waals surface area contributed by atoms with Crippen molar-refractivity contribution in [2.24, 2.45) is 28.6 Å². The molecule has 4 aliphatic rings. The van der Waals surface area contributed by atoms with Crippen molar-refractivity contribution >= 4 is 19.9 Å². The van der Waals surface area contributed by atoms with Crippen molar-refractivity contribution in [2.45, 2.75) is 84.5 Å². The molecule has 0 bridgehead atoms. The number of carbonyl (C=O) groups is 2. The van der Waals surface area contributed by atoms with Gasteiger partial charge in [-0.25, -0.2) is 0 Å². The third kappa shape index (κ3) is 2.71. The van der Waals surface area contributed by atoms with Crippen molar-refractivity contribution in [1.82, 2.24) is 0 Å². The van der Waals surface area contributed by atoms with E-state index in [1.54, 1.807) is 0 Å². The molecule has 6 atom stereocenters. The Kier molecular flexibility index (Phi) is 4.21. The number of hydrogen-bond acceptors (Lipinski definition) is 3. The molecule has 0 unspecified atom stereocenters. The zero-order chi connectivity index (χ0) is 18.9. The van der Waals surface area contributed by atoms with Crippen LogP contribution in [-0.4, -0.2) is 26.0 Å². The lowest BCUT2D eigenvalue weighted by Crippen LogP contribution is -2.55. The minimum atomic E-state index is -1.72. The lowest BCUT2D eigenvalue weighted by molar-refractivity contribution is -0.134. The highest BCUT2D eigenvalue weighted by molar-refractivity contribution is 6.69. The second kappa shape index (κ2) is 5.87. The second-order valence-corrected chi connectivity index (χ2v) is 15.2. The molecule has 0 spiro atoms. The Morgan fingerprint density at radius 2 is 1.69 bits per heavy atom. The molecule has 0 aromatic heterocycles. The number of carbonyl (C=O) groups excluding carboxylic acids is 2. The van der Waals surface area contributed by atoms with Crippen LogP contribution >= 0.6 is 0 Å². The van der Waals surface area contributed by atoms with E-state index in [1.165, 1.54) is 5.57 Å². The van der Waals surface area contributed by atoms with Gasteiger partial charge < -0.3 is 4.43 Å². The van der Waals surface area contributed by atoms with E-state index in [0.29, 0.717) is 30.0 Å². The number of rotatable bonds is 2. The van der Waals surface area contributed by atoms with Crippen molar-refractivity contribution in [2.75, 3.05) is 0 Å². The Balaban J connectivity index is 1.75. The Hall–Kier alpha value is -0.743. The van der Waals surface area contributed by atoms with Gasteiger partial charge >= 0.3 is 0 Å². The molecule has 0 aromatic carbocycles. The molecule has 26 heavy (non-hydrogen) atoms. The summed E-state index contributed by atoms with van der Waals surface area (Å²) in [6.07, 6.45) is 8.65. The van der Waals surface area contributed by atoms with Crippen LogP contribution in [0.15, 0.2) is 11.6 Å². The van der Waals surface area contributed by atoms with Crippen molar-refractivity contribution in [3.8, 4) is 0 Å². The molecule has 0 aromatic rings. The summed E-state index contributed by atoms with van der Waals surface area (Å²) in [6.45, 7) is 11.3. The molecule has 3 saturated carbocycles. The first-order chi connectivity index (χ1) is 12.0. The summed E-state index contributed by atoms with van der Waals surface area (Å²) in [5, 5.41) is 0. The van der Waals surface area contributed by atoms with Crippen LogP contribution in [0.25, 0.3) is 0 Å². The predicted octanol–water partition coefficient (Wildman–Crippen LogP) is 4.92. The van der Waals surface area contributed by atoms with Crippen LogP contribution in [0.2, 0.25) is 19.6 Å². The summed E-state index contributed by atoms with van der Waals surface area (Å²) in [6, 6.07) is 0. The van der Waals surface area contributed by atoms with Gasteiger partial charge in [0, 0.05) is 18.3 Å². The summed E-state index contributed by atoms with van der Waals surface area (Å²) in [7, 11) is -1.72. The monoisotopic (exact) mass is 374 g/mol. The molecular formula is C22H34O3Si. The molecule has 0 aliphatic heterocycles. The first-order valence-electron chi connectivity index (χ1n) is 10.5. The van der Waals surface area contributed by atoms with Crippen molar-refractivity contribution in [3.05, 3.63) is 11.6 Å². The molecule has 0 heterocycles. The molecule has 0 radical (unpaired) electrons. The van der Waals surface area contributed by atoms with Crippen molar-refractivity contribution in [3.63, 3.8) is 0 Å². The topological polar surface area (TPSA) is 43.4 Å². The zero-order valence-electron chi connectivity index (χ0n) is 17.1. The molecule has 0 N–H and O–H groups in total. The minimum absolute atomic E-state index is 0.0775. The van der Waals surface area contributed by atoms with Crippen LogP contribution in [0.3, 0.4) is 0 Å². The van der Waals surface area contributed by atoms with Gasteiger partial charge in [0.2, 0.25) is 0 Å². The van der Waals surface area contributed by atoms with Crippen molar-refractivity contribution in [1.29, 1.82) is 0 Å². The molecule has 4 heteroatoms. The number of ketones is 2. The van der Waals surface area contributed by atoms with Crippen LogP contribution < -0.4 is 0 Å². The first kappa shape index (κ1) is 18.6. The van der Waals surface area contributed by atoms with E-state index < -0.39 is 8.32 Å². The zero-order valence-corrected chi connectivity index (χ0v) is 18.1. The van der Waals surface area contributed by atoms with Gasteiger partial charge in [-0.3, -0.25) is 9.59 Å². The molecule has 144 valence electrons. The van der Waals surface area contributed by atoms with Gasteiger partial charge in [0.25, 0.3) is 0 Å². The second-order valence-electron chi connectivity index (χ2n) is 10.7. The maximum atomic E-state index is 12.6. The minimum Gasteiger partial charge on any atom is -0.411 e. The molecule has 0 amide bonds. The third-order valence-corrected chi connectivity index (χ3v) is 9.15. The van der Waals surface area contributed by atoms with Gasteiger partial charge in [-0.05, 0) is 86.6 Å². The van der Waals surface area contributed by atoms with E-state index in [9.17, 15) is 9.59 Å². The fourth-order valence-electron chi connectivity index (χ4n) is 6.89. The first-order valence-corrected chi connectivity index (χ1v) is 13.9. The number of hydrogen-bond donors (Lipinski definition) is 0. The molecule has 3 fully saturated rings. The van der Waals surface area contributed by atoms with Gasteiger partial charge in [0.15, 0.2) is 14.1 Å². The Labute approximate surface area is 159 Å². The SMILES string of the molecule is C[C@]12CCC(=O)C=C1[C@H](O[Si](C)(C)C)C[C@@H]1[C@@H]2CC[C@]2(C)C(=O)CC[C@@H]12. The third-order valence-electron chi connectivity index (χ3n) is 8.16. The molecular weight excluding hydrogens is 340 g/mol. The van der Waals surface area contributed by atoms with Crippen LogP contribution in [0, 0.1) is 28.6 Å². The van der Waals surface area contributed by atoms with E-state index in [4.69, 9.17) is 4.43 Å². The smallest absolute Gasteiger partial charge is 0.184 e. The molecule has 4 aliphatic carbocycles. The summed E-state index contributed by atoms with van der Waals surface area (Å²) in [4.78, 5) is 24.9. The number of fused-ring (bicyclic) bond motifs is 5. The van der Waals surface area contributed by atoms with E-state index in [2.05, 4.69) is 33.5 Å². The van der Waals surface area contributed by atoms with E-state index in [1.807, 2.05) is 6.08 Å². The van der Waals surface area contributed by atoms with Crippen LogP contribution in [0.5, 0.6) is 0 Å². The Morgan fingerprint density at radius 1 is 1.00 bits per heavy atom. The van der Waals surface area contributed by atoms with Gasteiger partial charge in [0.1, 0.15) is 5.78 Å². The fraction of sp³-hybridized carbons (Fsp3) is 0.818. The molecule has 4 rings (SSSR count). The van der Waals surface area contributed by atoms with Crippen LogP contribution in [0.4, 0.5) is 0 Å². The highest BCUT2D eigenvalue weighted by Crippen LogP contribution is 2.64. The lowest BCUT2D eigenvalue weighted by Gasteiger charge is -2.59. The molecule has 0 saturated heterocycles. The van der Waals surface area contributed by atoms with Crippen molar-refractivity contribution < 1.29 is 14.0 Å². The van der Waals surface area contributed by atoms with Gasteiger partial charge in [-0.1, -0.05) is 13.8 Å². The maximum Gasteiger partial charge on any atom is 0.184 e. The highest BCUT2D eigenvalue weighted by Gasteiger charge is 2.61. The lowest BCUT2D eigenvalue weighted by atomic mass is 9.47. The summed E-state index contributed by atoms with van der Waals surface area (Å²) in [5.74, 6) is 2.45. The fourth-order valence-corrected chi connectivity index (χ4v) is 7.97. The predicted molar refractivity (Wildman–Crippen MR) is 105 cm³/mol. The van der Waals surface area contributed by atoms with E-state index >= 15 is 0 Å². The van der Waals surface area contributed by atoms with Gasteiger partial charge in [0.05, 0.1) is 6.10 Å². The van der Waals surface area contributed by atoms with Gasteiger partial charge in [-0.15, -0.1) is 0 Å².